The lowest BCUT2D eigenvalue weighted by Crippen LogP contribution is -2.22. The van der Waals surface area contributed by atoms with Gasteiger partial charge in [-0.1, -0.05) is 48.5 Å². The van der Waals surface area contributed by atoms with Crippen LogP contribution < -0.4 is 15.8 Å². The highest BCUT2D eigenvalue weighted by Gasteiger charge is 2.01. The third-order valence-corrected chi connectivity index (χ3v) is 4.04. The third-order valence-electron chi connectivity index (χ3n) is 4.04. The second kappa shape index (κ2) is 9.58. The van der Waals surface area contributed by atoms with Gasteiger partial charge in [-0.25, -0.2) is 4.99 Å². The molecule has 3 rings (SSSR count). The van der Waals surface area contributed by atoms with Gasteiger partial charge in [0.15, 0.2) is 5.96 Å². The molecule has 3 N–H and O–H groups in total. The molecule has 0 aliphatic rings. The maximum atomic E-state index is 6.04. The zero-order valence-corrected chi connectivity index (χ0v) is 16.3. The van der Waals surface area contributed by atoms with E-state index < -0.39 is 0 Å². The molecule has 5 heteroatoms. The number of para-hydroxylation sites is 1. The molecule has 0 bridgehead atoms. The number of hydrogen-bond donors (Lipinski definition) is 2. The van der Waals surface area contributed by atoms with Crippen LogP contribution in [0.1, 0.15) is 11.1 Å². The summed E-state index contributed by atoms with van der Waals surface area (Å²) in [6.07, 6.45) is 0. The lowest BCUT2D eigenvalue weighted by molar-refractivity contribution is 0.402. The molecule has 0 amide bonds. The van der Waals surface area contributed by atoms with Gasteiger partial charge in [0, 0.05) is 18.3 Å². The minimum Gasteiger partial charge on any atom is -0.457 e. The van der Waals surface area contributed by atoms with Gasteiger partial charge in [0.2, 0.25) is 0 Å². The van der Waals surface area contributed by atoms with Gasteiger partial charge in [-0.2, -0.15) is 0 Å². The number of anilines is 1. The van der Waals surface area contributed by atoms with Crippen LogP contribution in [0.4, 0.5) is 5.69 Å². The average Bonchev–Trinajstić information content (AvgIpc) is 2.68. The first kappa shape index (κ1) is 19.5. The quantitative estimate of drug-likeness (QED) is 0.473. The molecule has 0 unspecified atom stereocenters. The molecular formula is C23H26N4O. The first-order valence-electron chi connectivity index (χ1n) is 9.21. The largest absolute Gasteiger partial charge is 0.457 e. The normalized spacial score (nSPS) is 11.5. The van der Waals surface area contributed by atoms with E-state index in [0.29, 0.717) is 12.5 Å². The first-order chi connectivity index (χ1) is 13.6. The Labute approximate surface area is 166 Å². The van der Waals surface area contributed by atoms with E-state index in [2.05, 4.69) is 53.6 Å². The second-order valence-corrected chi connectivity index (χ2v) is 6.82. The molecule has 0 heterocycles. The highest BCUT2D eigenvalue weighted by Crippen LogP contribution is 2.23. The Bertz CT molecular complexity index is 905. The van der Waals surface area contributed by atoms with Crippen molar-refractivity contribution in [3.8, 4) is 11.5 Å². The van der Waals surface area contributed by atoms with Crippen molar-refractivity contribution in [2.24, 2.45) is 10.7 Å². The van der Waals surface area contributed by atoms with Gasteiger partial charge in [0.05, 0.1) is 6.54 Å². The number of guanidine groups is 1. The molecule has 3 aromatic carbocycles. The van der Waals surface area contributed by atoms with Crippen molar-refractivity contribution in [2.45, 2.75) is 13.1 Å². The topological polar surface area (TPSA) is 62.9 Å². The molecule has 0 saturated heterocycles. The van der Waals surface area contributed by atoms with Gasteiger partial charge >= 0.3 is 0 Å². The van der Waals surface area contributed by atoms with Crippen LogP contribution in [0, 0.1) is 0 Å². The smallest absolute Gasteiger partial charge is 0.193 e. The Kier molecular flexibility index (Phi) is 6.65. The summed E-state index contributed by atoms with van der Waals surface area (Å²) < 4.78 is 5.84. The summed E-state index contributed by atoms with van der Waals surface area (Å²) in [6, 6.07) is 25.7. The van der Waals surface area contributed by atoms with Gasteiger partial charge in [-0.15, -0.1) is 0 Å². The molecule has 0 saturated carbocycles. The molecular weight excluding hydrogens is 348 g/mol. The Morgan fingerprint density at radius 3 is 2.29 bits per heavy atom. The Morgan fingerprint density at radius 2 is 1.57 bits per heavy atom. The van der Waals surface area contributed by atoms with Crippen LogP contribution in [0.2, 0.25) is 0 Å². The number of hydrogen-bond acceptors (Lipinski definition) is 3. The summed E-state index contributed by atoms with van der Waals surface area (Å²) in [5.74, 6) is 1.90. The molecule has 0 atom stereocenters. The third kappa shape index (κ3) is 6.14. The second-order valence-electron chi connectivity index (χ2n) is 6.82. The summed E-state index contributed by atoms with van der Waals surface area (Å²) in [7, 11) is 4.12. The Balaban J connectivity index is 1.58. The van der Waals surface area contributed by atoms with Crippen molar-refractivity contribution in [1.29, 1.82) is 0 Å². The van der Waals surface area contributed by atoms with E-state index in [0.717, 1.165) is 29.3 Å². The van der Waals surface area contributed by atoms with Crippen LogP contribution in [0.25, 0.3) is 0 Å². The minimum atomic E-state index is 0.370. The van der Waals surface area contributed by atoms with Crippen molar-refractivity contribution in [2.75, 3.05) is 19.4 Å². The number of ether oxygens (including phenoxy) is 1. The summed E-state index contributed by atoms with van der Waals surface area (Å²) >= 11 is 0. The van der Waals surface area contributed by atoms with Crippen molar-refractivity contribution in [3.63, 3.8) is 0 Å². The van der Waals surface area contributed by atoms with E-state index in [9.17, 15) is 0 Å². The SMILES string of the molecule is CN(C)Cc1ccc(CN=C(N)Nc2cccc(Oc3ccccc3)c2)cc1. The molecule has 144 valence electrons. The predicted molar refractivity (Wildman–Crippen MR) is 116 cm³/mol. The number of nitrogens with one attached hydrogen (secondary N) is 1. The molecule has 3 aromatic rings. The van der Waals surface area contributed by atoms with Gasteiger partial charge in [-0.05, 0) is 49.5 Å². The number of rotatable bonds is 7. The number of nitrogens with two attached hydrogens (primary N) is 1. The van der Waals surface area contributed by atoms with E-state index in [1.54, 1.807) is 0 Å². The van der Waals surface area contributed by atoms with Crippen LogP contribution in [-0.4, -0.2) is 25.0 Å². The number of benzene rings is 3. The van der Waals surface area contributed by atoms with E-state index in [-0.39, 0.29) is 0 Å². The Morgan fingerprint density at radius 1 is 0.893 bits per heavy atom. The lowest BCUT2D eigenvalue weighted by Gasteiger charge is -2.10. The van der Waals surface area contributed by atoms with Gasteiger partial charge in [0.25, 0.3) is 0 Å². The fraction of sp³-hybridized carbons (Fsp3) is 0.174. The number of nitrogens with zero attached hydrogens (tertiary/aromatic N) is 2. The van der Waals surface area contributed by atoms with Gasteiger partial charge < -0.3 is 20.7 Å². The lowest BCUT2D eigenvalue weighted by atomic mass is 10.1. The van der Waals surface area contributed by atoms with Crippen molar-refractivity contribution < 1.29 is 4.74 Å². The Hall–Kier alpha value is -3.31. The van der Waals surface area contributed by atoms with Gasteiger partial charge in [-0.3, -0.25) is 0 Å². The standard InChI is InChI=1S/C23H26N4O/c1-27(2)17-19-13-11-18(12-14-19)16-25-23(24)26-20-7-6-10-22(15-20)28-21-8-4-3-5-9-21/h3-15H,16-17H2,1-2H3,(H3,24,25,26). The summed E-state index contributed by atoms with van der Waals surface area (Å²) in [4.78, 5) is 6.57. The van der Waals surface area contributed by atoms with Crippen LogP contribution >= 0.6 is 0 Å². The molecule has 0 aliphatic carbocycles. The average molecular weight is 374 g/mol. The maximum absolute atomic E-state index is 6.04. The van der Waals surface area contributed by atoms with Gasteiger partial charge in [0.1, 0.15) is 11.5 Å². The van der Waals surface area contributed by atoms with Crippen LogP contribution in [0.5, 0.6) is 11.5 Å². The minimum absolute atomic E-state index is 0.370. The molecule has 0 fully saturated rings. The fourth-order valence-electron chi connectivity index (χ4n) is 2.74. The molecule has 5 nitrogen and oxygen atoms in total. The first-order valence-corrected chi connectivity index (χ1v) is 9.21. The predicted octanol–water partition coefficient (Wildman–Crippen LogP) is 4.47. The van der Waals surface area contributed by atoms with Crippen molar-refractivity contribution >= 4 is 11.6 Å². The van der Waals surface area contributed by atoms with Crippen LogP contribution in [0.3, 0.4) is 0 Å². The molecule has 0 aliphatic heterocycles. The summed E-state index contributed by atoms with van der Waals surface area (Å²) in [5.41, 5.74) is 9.27. The summed E-state index contributed by atoms with van der Waals surface area (Å²) in [5, 5.41) is 3.12. The van der Waals surface area contributed by atoms with E-state index in [4.69, 9.17) is 10.5 Å². The van der Waals surface area contributed by atoms with E-state index >= 15 is 0 Å². The van der Waals surface area contributed by atoms with E-state index in [1.807, 2.05) is 54.6 Å². The fourth-order valence-corrected chi connectivity index (χ4v) is 2.74. The monoisotopic (exact) mass is 374 g/mol. The van der Waals surface area contributed by atoms with Crippen LogP contribution in [0.15, 0.2) is 83.9 Å². The highest BCUT2D eigenvalue weighted by molar-refractivity contribution is 5.92. The molecule has 0 spiro atoms. The van der Waals surface area contributed by atoms with Crippen molar-refractivity contribution in [3.05, 3.63) is 90.0 Å². The molecule has 28 heavy (non-hydrogen) atoms. The van der Waals surface area contributed by atoms with E-state index in [1.165, 1.54) is 5.56 Å². The number of aliphatic imine (C=N–C) groups is 1. The maximum Gasteiger partial charge on any atom is 0.193 e. The molecule has 0 aromatic heterocycles. The zero-order chi connectivity index (χ0) is 19.8. The highest BCUT2D eigenvalue weighted by atomic mass is 16.5. The summed E-state index contributed by atoms with van der Waals surface area (Å²) in [6.45, 7) is 1.45. The molecule has 0 radical (unpaired) electrons. The zero-order valence-electron chi connectivity index (χ0n) is 16.3. The van der Waals surface area contributed by atoms with Crippen LogP contribution in [-0.2, 0) is 13.1 Å². The van der Waals surface area contributed by atoms with Crippen molar-refractivity contribution in [1.82, 2.24) is 4.90 Å².